The molecule has 154 valence electrons. The van der Waals surface area contributed by atoms with Crippen molar-refractivity contribution >= 4 is 38.7 Å². The van der Waals surface area contributed by atoms with E-state index in [0.29, 0.717) is 11.4 Å². The molecule has 30 heavy (non-hydrogen) atoms. The number of sulfonamides is 1. The maximum Gasteiger partial charge on any atom is 0.323 e. The molecule has 0 spiro atoms. The van der Waals surface area contributed by atoms with Crippen LogP contribution in [0.15, 0.2) is 83.8 Å². The largest absolute Gasteiger partial charge is 0.480 e. The molecule has 0 bridgehead atoms. The molecule has 0 saturated heterocycles. The summed E-state index contributed by atoms with van der Waals surface area (Å²) in [6, 6.07) is 19.7. The van der Waals surface area contributed by atoms with E-state index < -0.39 is 33.1 Å². The second-order valence-electron chi connectivity index (χ2n) is 6.19. The summed E-state index contributed by atoms with van der Waals surface area (Å²) in [5, 5.41) is 21.0. The van der Waals surface area contributed by atoms with E-state index in [1.54, 1.807) is 60.7 Å². The molecule has 3 rings (SSSR count). The van der Waals surface area contributed by atoms with Gasteiger partial charge in [-0.05, 0) is 36.4 Å². The number of benzene rings is 3. The van der Waals surface area contributed by atoms with Gasteiger partial charge >= 0.3 is 5.97 Å². The summed E-state index contributed by atoms with van der Waals surface area (Å²) in [7, 11) is -4.09. The topological polar surface area (TPSA) is 130 Å². The third kappa shape index (κ3) is 4.73. The number of carbonyl (C=O) groups is 1. The van der Waals surface area contributed by atoms with Crippen LogP contribution >= 0.6 is 0 Å². The van der Waals surface area contributed by atoms with Crippen molar-refractivity contribution < 1.29 is 23.2 Å². The van der Waals surface area contributed by atoms with Crippen molar-refractivity contribution in [3.8, 4) is 0 Å². The van der Waals surface area contributed by atoms with Crippen LogP contribution in [0.3, 0.4) is 0 Å². The van der Waals surface area contributed by atoms with E-state index in [1.165, 1.54) is 17.0 Å². The molecule has 0 atom stereocenters. The van der Waals surface area contributed by atoms with Gasteiger partial charge in [-0.15, -0.1) is 0 Å². The van der Waals surface area contributed by atoms with Gasteiger partial charge in [0.05, 0.1) is 9.82 Å². The highest BCUT2D eigenvalue weighted by atomic mass is 32.2. The predicted octanol–water partition coefficient (Wildman–Crippen LogP) is 3.62. The lowest BCUT2D eigenvalue weighted by molar-refractivity contribution is -0.384. The van der Waals surface area contributed by atoms with Crippen LogP contribution in [0.5, 0.6) is 0 Å². The van der Waals surface area contributed by atoms with Gasteiger partial charge in [0, 0.05) is 17.4 Å². The van der Waals surface area contributed by atoms with Gasteiger partial charge in [-0.1, -0.05) is 36.4 Å². The Morgan fingerprint density at radius 3 is 2.17 bits per heavy atom. The number of hydrogen-bond acceptors (Lipinski definition) is 6. The first-order valence-electron chi connectivity index (χ1n) is 8.68. The Balaban J connectivity index is 2.06. The number of anilines is 3. The van der Waals surface area contributed by atoms with Crippen LogP contribution < -0.4 is 9.62 Å². The molecule has 0 heterocycles. The fourth-order valence-electron chi connectivity index (χ4n) is 2.82. The van der Waals surface area contributed by atoms with Gasteiger partial charge in [-0.2, -0.15) is 0 Å². The van der Waals surface area contributed by atoms with E-state index in [2.05, 4.69) is 4.72 Å². The SMILES string of the molecule is O=C(O)CN(c1ccccc1)c1ccc(S(=O)(=O)Nc2ccccc2)cc1[N+](=O)[O-]. The van der Waals surface area contributed by atoms with E-state index in [0.717, 1.165) is 6.07 Å². The van der Waals surface area contributed by atoms with E-state index in [1.807, 2.05) is 0 Å². The van der Waals surface area contributed by atoms with Gasteiger partial charge in [-0.25, -0.2) is 8.42 Å². The quantitative estimate of drug-likeness (QED) is 0.415. The Morgan fingerprint density at radius 1 is 1.00 bits per heavy atom. The minimum atomic E-state index is -4.09. The first kappa shape index (κ1) is 20.8. The molecule has 0 radical (unpaired) electrons. The van der Waals surface area contributed by atoms with Crippen molar-refractivity contribution in [2.75, 3.05) is 16.2 Å². The van der Waals surface area contributed by atoms with Gasteiger partial charge in [0.15, 0.2) is 0 Å². The number of para-hydroxylation sites is 2. The molecule has 9 nitrogen and oxygen atoms in total. The lowest BCUT2D eigenvalue weighted by Gasteiger charge is -2.23. The van der Waals surface area contributed by atoms with Gasteiger partial charge in [-0.3, -0.25) is 19.6 Å². The summed E-state index contributed by atoms with van der Waals surface area (Å²) in [6.07, 6.45) is 0. The Hall–Kier alpha value is -3.92. The number of nitro benzene ring substituents is 1. The Labute approximate surface area is 172 Å². The summed E-state index contributed by atoms with van der Waals surface area (Å²) >= 11 is 0. The molecule has 2 N–H and O–H groups in total. The summed E-state index contributed by atoms with van der Waals surface area (Å²) < 4.78 is 27.7. The number of rotatable bonds is 8. The van der Waals surface area contributed by atoms with Crippen LogP contribution in [0.25, 0.3) is 0 Å². The van der Waals surface area contributed by atoms with Crippen molar-refractivity contribution in [3.63, 3.8) is 0 Å². The fourth-order valence-corrected chi connectivity index (χ4v) is 3.90. The van der Waals surface area contributed by atoms with Crippen LogP contribution in [0.2, 0.25) is 0 Å². The average molecular weight is 427 g/mol. The second kappa shape index (κ2) is 8.62. The average Bonchev–Trinajstić information content (AvgIpc) is 2.72. The van der Waals surface area contributed by atoms with Crippen molar-refractivity contribution in [2.24, 2.45) is 0 Å². The number of carboxylic acids is 1. The molecule has 0 saturated carbocycles. The maximum absolute atomic E-state index is 12.7. The third-order valence-electron chi connectivity index (χ3n) is 4.13. The molecule has 0 unspecified atom stereocenters. The zero-order valence-corrected chi connectivity index (χ0v) is 16.3. The van der Waals surface area contributed by atoms with Crippen molar-refractivity contribution in [2.45, 2.75) is 4.90 Å². The maximum atomic E-state index is 12.7. The monoisotopic (exact) mass is 427 g/mol. The number of nitrogens with zero attached hydrogens (tertiary/aromatic N) is 2. The van der Waals surface area contributed by atoms with E-state index in [-0.39, 0.29) is 10.6 Å². The Kier molecular flexibility index (Phi) is 5.98. The predicted molar refractivity (Wildman–Crippen MR) is 111 cm³/mol. The fraction of sp³-hybridized carbons (Fsp3) is 0.0500. The molecule has 3 aromatic rings. The molecule has 0 aliphatic rings. The van der Waals surface area contributed by atoms with E-state index in [9.17, 15) is 28.4 Å². The lowest BCUT2D eigenvalue weighted by Crippen LogP contribution is -2.25. The summed E-state index contributed by atoms with van der Waals surface area (Å²) in [4.78, 5) is 23.2. The van der Waals surface area contributed by atoms with Gasteiger partial charge in [0.2, 0.25) is 0 Å². The lowest BCUT2D eigenvalue weighted by atomic mass is 10.2. The summed E-state index contributed by atoms with van der Waals surface area (Å²) in [6.45, 7) is -0.542. The number of carboxylic acid groups (broad SMARTS) is 1. The highest BCUT2D eigenvalue weighted by Crippen LogP contribution is 2.35. The third-order valence-corrected chi connectivity index (χ3v) is 5.51. The van der Waals surface area contributed by atoms with Crippen LogP contribution in [0.1, 0.15) is 0 Å². The number of hydrogen-bond donors (Lipinski definition) is 2. The summed E-state index contributed by atoms with van der Waals surface area (Å²) in [5.74, 6) is -1.20. The van der Waals surface area contributed by atoms with Crippen LogP contribution in [0, 0.1) is 10.1 Å². The molecule has 0 fully saturated rings. The van der Waals surface area contributed by atoms with Crippen molar-refractivity contribution in [3.05, 3.63) is 89.0 Å². The van der Waals surface area contributed by atoms with Crippen LogP contribution in [0.4, 0.5) is 22.7 Å². The van der Waals surface area contributed by atoms with Gasteiger partial charge in [0.25, 0.3) is 15.7 Å². The number of nitrogens with one attached hydrogen (secondary N) is 1. The molecule has 0 aliphatic heterocycles. The minimum Gasteiger partial charge on any atom is -0.480 e. The minimum absolute atomic E-state index is 0.0349. The Bertz CT molecular complexity index is 1170. The smallest absolute Gasteiger partial charge is 0.323 e. The zero-order valence-electron chi connectivity index (χ0n) is 15.5. The second-order valence-corrected chi connectivity index (χ2v) is 7.88. The summed E-state index contributed by atoms with van der Waals surface area (Å²) in [5.41, 5.74) is 0.158. The zero-order chi connectivity index (χ0) is 21.7. The molecular formula is C20H17N3O6S. The molecule has 0 amide bonds. The van der Waals surface area contributed by atoms with E-state index in [4.69, 9.17) is 0 Å². The van der Waals surface area contributed by atoms with Crippen LogP contribution in [-0.4, -0.2) is 31.0 Å². The molecule has 0 aromatic heterocycles. The highest BCUT2D eigenvalue weighted by molar-refractivity contribution is 7.92. The first-order valence-corrected chi connectivity index (χ1v) is 10.2. The Morgan fingerprint density at radius 2 is 1.60 bits per heavy atom. The number of aliphatic carboxylic acids is 1. The molecular weight excluding hydrogens is 410 g/mol. The van der Waals surface area contributed by atoms with Gasteiger partial charge < -0.3 is 10.0 Å². The molecule has 10 heteroatoms. The molecule has 0 aliphatic carbocycles. The number of nitro groups is 1. The first-order chi connectivity index (χ1) is 14.3. The molecule has 3 aromatic carbocycles. The normalized spacial score (nSPS) is 10.9. The highest BCUT2D eigenvalue weighted by Gasteiger charge is 2.26. The standard InChI is InChI=1S/C20H17N3O6S/c24-20(25)14-22(16-9-5-2-6-10-16)18-12-11-17(13-19(18)23(26)27)30(28,29)21-15-7-3-1-4-8-15/h1-13,21H,14H2,(H,24,25). The van der Waals surface area contributed by atoms with Crippen molar-refractivity contribution in [1.29, 1.82) is 0 Å². The van der Waals surface area contributed by atoms with E-state index >= 15 is 0 Å². The van der Waals surface area contributed by atoms with Gasteiger partial charge in [0.1, 0.15) is 12.2 Å². The van der Waals surface area contributed by atoms with Crippen molar-refractivity contribution in [1.82, 2.24) is 0 Å². The van der Waals surface area contributed by atoms with Crippen LogP contribution in [-0.2, 0) is 14.8 Å².